The molecule has 1 unspecified atom stereocenters. The van der Waals surface area contributed by atoms with Gasteiger partial charge in [0.25, 0.3) is 0 Å². The lowest BCUT2D eigenvalue weighted by Crippen LogP contribution is -2.41. The van der Waals surface area contributed by atoms with Gasteiger partial charge in [-0.05, 0) is 31.5 Å². The SMILES string of the molecule is CCOC(=O)CSC(C)CCO[Si](C)(C)C(C)(C)C. The molecule has 3 nitrogen and oxygen atoms in total. The molecule has 0 saturated heterocycles. The van der Waals surface area contributed by atoms with Crippen LogP contribution in [0, 0.1) is 0 Å². The van der Waals surface area contributed by atoms with E-state index in [9.17, 15) is 4.79 Å². The van der Waals surface area contributed by atoms with Crippen LogP contribution in [-0.2, 0) is 14.0 Å². The predicted molar refractivity (Wildman–Crippen MR) is 86.3 cm³/mol. The molecule has 0 radical (unpaired) electrons. The molecule has 0 N–H and O–H groups in total. The van der Waals surface area contributed by atoms with E-state index in [2.05, 4.69) is 40.8 Å². The summed E-state index contributed by atoms with van der Waals surface area (Å²) >= 11 is 1.64. The lowest BCUT2D eigenvalue weighted by Gasteiger charge is -2.36. The smallest absolute Gasteiger partial charge is 0.315 e. The molecule has 0 heterocycles. The third-order valence-corrected chi connectivity index (χ3v) is 9.33. The second-order valence-corrected chi connectivity index (χ2v) is 12.6. The molecule has 0 aliphatic heterocycles. The van der Waals surface area contributed by atoms with Gasteiger partial charge in [0.2, 0.25) is 0 Å². The summed E-state index contributed by atoms with van der Waals surface area (Å²) in [4.78, 5) is 11.2. The molecule has 0 saturated carbocycles. The highest BCUT2D eigenvalue weighted by Crippen LogP contribution is 2.36. The Balaban J connectivity index is 3.86. The normalized spacial score (nSPS) is 14.3. The Bertz CT molecular complexity index is 274. The molecule has 0 aliphatic carbocycles. The van der Waals surface area contributed by atoms with Gasteiger partial charge in [-0.15, -0.1) is 11.8 Å². The minimum atomic E-state index is -1.63. The number of thioether (sulfide) groups is 1. The molecule has 1 atom stereocenters. The summed E-state index contributed by atoms with van der Waals surface area (Å²) in [6, 6.07) is 0. The van der Waals surface area contributed by atoms with Crippen LogP contribution in [0.15, 0.2) is 0 Å². The summed E-state index contributed by atoms with van der Waals surface area (Å²) < 4.78 is 11.0. The molecule has 0 bridgehead atoms. The molecule has 0 aromatic heterocycles. The van der Waals surface area contributed by atoms with Crippen LogP contribution in [0.2, 0.25) is 18.1 Å². The summed E-state index contributed by atoms with van der Waals surface area (Å²) in [7, 11) is -1.63. The zero-order valence-electron chi connectivity index (χ0n) is 13.5. The Kier molecular flexibility index (Phi) is 8.32. The van der Waals surface area contributed by atoms with Crippen molar-refractivity contribution in [2.75, 3.05) is 19.0 Å². The maximum atomic E-state index is 11.2. The van der Waals surface area contributed by atoms with Crippen molar-refractivity contribution in [1.82, 2.24) is 0 Å². The van der Waals surface area contributed by atoms with Gasteiger partial charge in [0.05, 0.1) is 12.4 Å². The first-order valence-electron chi connectivity index (χ1n) is 7.01. The lowest BCUT2D eigenvalue weighted by atomic mass is 10.2. The van der Waals surface area contributed by atoms with E-state index in [4.69, 9.17) is 9.16 Å². The zero-order valence-corrected chi connectivity index (χ0v) is 15.4. The van der Waals surface area contributed by atoms with Crippen LogP contribution in [0.5, 0.6) is 0 Å². The quantitative estimate of drug-likeness (QED) is 0.500. The number of rotatable bonds is 8. The first-order valence-corrected chi connectivity index (χ1v) is 11.0. The number of carbonyl (C=O) groups is 1. The van der Waals surface area contributed by atoms with Crippen molar-refractivity contribution < 1.29 is 14.0 Å². The molecule has 0 aliphatic rings. The van der Waals surface area contributed by atoms with Crippen molar-refractivity contribution >= 4 is 26.0 Å². The summed E-state index contributed by atoms with van der Waals surface area (Å²) in [5.41, 5.74) is 0. The van der Waals surface area contributed by atoms with Gasteiger partial charge in [0.1, 0.15) is 0 Å². The summed E-state index contributed by atoms with van der Waals surface area (Å²) in [6.07, 6.45) is 0.983. The molecule has 0 rings (SSSR count). The van der Waals surface area contributed by atoms with E-state index in [1.165, 1.54) is 0 Å². The van der Waals surface area contributed by atoms with E-state index in [0.29, 0.717) is 17.6 Å². The third-order valence-electron chi connectivity index (χ3n) is 3.58. The predicted octanol–water partition coefficient (Wildman–Crippen LogP) is 4.08. The molecule has 114 valence electrons. The molecule has 0 fully saturated rings. The molecule has 5 heteroatoms. The summed E-state index contributed by atoms with van der Waals surface area (Å²) in [5.74, 6) is 0.319. The highest BCUT2D eigenvalue weighted by Gasteiger charge is 2.36. The molecule has 0 aromatic carbocycles. The van der Waals surface area contributed by atoms with E-state index < -0.39 is 8.32 Å². The van der Waals surface area contributed by atoms with Gasteiger partial charge in [-0.3, -0.25) is 4.79 Å². The van der Waals surface area contributed by atoms with Crippen molar-refractivity contribution in [3.05, 3.63) is 0 Å². The Morgan fingerprint density at radius 2 is 1.89 bits per heavy atom. The molecular weight excluding hydrogens is 276 g/mol. The minimum absolute atomic E-state index is 0.121. The fourth-order valence-corrected chi connectivity index (χ4v) is 3.02. The zero-order chi connectivity index (χ0) is 15.1. The second-order valence-electron chi connectivity index (χ2n) is 6.32. The van der Waals surface area contributed by atoms with Crippen LogP contribution in [0.1, 0.15) is 41.0 Å². The molecule has 0 amide bonds. The monoisotopic (exact) mass is 306 g/mol. The second kappa shape index (κ2) is 8.32. The van der Waals surface area contributed by atoms with Crippen molar-refractivity contribution in [1.29, 1.82) is 0 Å². The molecule has 0 aromatic rings. The van der Waals surface area contributed by atoms with Gasteiger partial charge in [0, 0.05) is 11.9 Å². The van der Waals surface area contributed by atoms with Crippen LogP contribution in [0.4, 0.5) is 0 Å². The Morgan fingerprint density at radius 1 is 1.32 bits per heavy atom. The highest BCUT2D eigenvalue weighted by atomic mass is 32.2. The number of hydrogen-bond donors (Lipinski definition) is 0. The third kappa shape index (κ3) is 8.00. The van der Waals surface area contributed by atoms with Gasteiger partial charge in [-0.25, -0.2) is 0 Å². The van der Waals surface area contributed by atoms with Crippen LogP contribution >= 0.6 is 11.8 Å². The Labute approximate surface area is 123 Å². The van der Waals surface area contributed by atoms with Gasteiger partial charge >= 0.3 is 5.97 Å². The van der Waals surface area contributed by atoms with E-state index in [-0.39, 0.29) is 11.0 Å². The average Bonchev–Trinajstić information content (AvgIpc) is 2.25. The van der Waals surface area contributed by atoms with Crippen LogP contribution in [0.3, 0.4) is 0 Å². The van der Waals surface area contributed by atoms with E-state index >= 15 is 0 Å². The van der Waals surface area contributed by atoms with Gasteiger partial charge in [0.15, 0.2) is 8.32 Å². The van der Waals surface area contributed by atoms with Gasteiger partial charge < -0.3 is 9.16 Å². The van der Waals surface area contributed by atoms with Crippen molar-refractivity contribution in [2.45, 2.75) is 64.4 Å². The summed E-state index contributed by atoms with van der Waals surface area (Å²) in [5, 5.41) is 0.683. The molecule has 19 heavy (non-hydrogen) atoms. The van der Waals surface area contributed by atoms with Crippen LogP contribution in [0.25, 0.3) is 0 Å². The number of ether oxygens (including phenoxy) is 1. The number of hydrogen-bond acceptors (Lipinski definition) is 4. The van der Waals surface area contributed by atoms with Crippen molar-refractivity contribution in [2.24, 2.45) is 0 Å². The molecule has 0 spiro atoms. The van der Waals surface area contributed by atoms with E-state index in [1.807, 2.05) is 6.92 Å². The first kappa shape index (κ1) is 19.0. The number of carbonyl (C=O) groups excluding carboxylic acids is 1. The van der Waals surface area contributed by atoms with Crippen LogP contribution < -0.4 is 0 Å². The van der Waals surface area contributed by atoms with Crippen molar-refractivity contribution in [3.8, 4) is 0 Å². The highest BCUT2D eigenvalue weighted by molar-refractivity contribution is 8.00. The van der Waals surface area contributed by atoms with E-state index in [1.54, 1.807) is 11.8 Å². The van der Waals surface area contributed by atoms with Gasteiger partial charge in [-0.1, -0.05) is 27.7 Å². The maximum Gasteiger partial charge on any atom is 0.315 e. The van der Waals surface area contributed by atoms with Crippen molar-refractivity contribution in [3.63, 3.8) is 0 Å². The molecular formula is C14H30O3SSi. The Morgan fingerprint density at radius 3 is 2.37 bits per heavy atom. The maximum absolute atomic E-state index is 11.2. The fraction of sp³-hybridized carbons (Fsp3) is 0.929. The fourth-order valence-electron chi connectivity index (χ4n) is 1.19. The van der Waals surface area contributed by atoms with Gasteiger partial charge in [-0.2, -0.15) is 0 Å². The average molecular weight is 307 g/mol. The number of esters is 1. The van der Waals surface area contributed by atoms with Crippen LogP contribution in [-0.4, -0.2) is 38.5 Å². The van der Waals surface area contributed by atoms with E-state index in [0.717, 1.165) is 13.0 Å². The minimum Gasteiger partial charge on any atom is -0.465 e. The topological polar surface area (TPSA) is 35.5 Å². The Hall–Kier alpha value is -0.00312. The lowest BCUT2D eigenvalue weighted by molar-refractivity contribution is -0.139. The summed E-state index contributed by atoms with van der Waals surface area (Å²) in [6.45, 7) is 16.5. The first-order chi connectivity index (χ1) is 8.60. The largest absolute Gasteiger partial charge is 0.465 e. The standard InChI is InChI=1S/C14H30O3SSi/c1-8-16-13(15)11-18-12(2)9-10-17-19(6,7)14(3,4)5/h12H,8-11H2,1-7H3.